The SMILES string of the molecule is CCCCNC(=O)c1cc(-c2ccc(OC)c(OC)c2)nc2n[nH]c(-c3ccc(Cl)cc3)c12. The topological polar surface area (TPSA) is 89.1 Å². The zero-order valence-electron chi connectivity index (χ0n) is 18.7. The Morgan fingerprint density at radius 2 is 1.76 bits per heavy atom. The molecule has 0 bridgehead atoms. The fourth-order valence-electron chi connectivity index (χ4n) is 3.65. The van der Waals surface area contributed by atoms with Gasteiger partial charge in [-0.25, -0.2) is 4.98 Å². The summed E-state index contributed by atoms with van der Waals surface area (Å²) in [6.45, 7) is 2.68. The average Bonchev–Trinajstić information content (AvgIpc) is 3.27. The lowest BCUT2D eigenvalue weighted by Crippen LogP contribution is -2.24. The molecular formula is C25H25ClN4O3. The van der Waals surface area contributed by atoms with Crippen molar-refractivity contribution in [2.75, 3.05) is 20.8 Å². The number of hydrogen-bond donors (Lipinski definition) is 2. The number of carbonyl (C=O) groups is 1. The van der Waals surface area contributed by atoms with E-state index in [1.54, 1.807) is 32.4 Å². The van der Waals surface area contributed by atoms with E-state index in [0.717, 1.165) is 24.0 Å². The maximum Gasteiger partial charge on any atom is 0.252 e. The van der Waals surface area contributed by atoms with Crippen molar-refractivity contribution in [3.63, 3.8) is 0 Å². The van der Waals surface area contributed by atoms with Crippen LogP contribution in [0, 0.1) is 0 Å². The van der Waals surface area contributed by atoms with Crippen molar-refractivity contribution in [2.45, 2.75) is 19.8 Å². The summed E-state index contributed by atoms with van der Waals surface area (Å²) < 4.78 is 10.8. The Balaban J connectivity index is 1.87. The maximum absolute atomic E-state index is 13.2. The van der Waals surface area contributed by atoms with Crippen molar-refractivity contribution in [3.8, 4) is 34.0 Å². The largest absolute Gasteiger partial charge is 0.493 e. The van der Waals surface area contributed by atoms with Crippen LogP contribution in [0.5, 0.6) is 11.5 Å². The normalized spacial score (nSPS) is 10.9. The Hall–Kier alpha value is -3.58. The molecule has 0 unspecified atom stereocenters. The molecule has 0 saturated carbocycles. The zero-order valence-corrected chi connectivity index (χ0v) is 19.5. The first kappa shape index (κ1) is 22.6. The van der Waals surface area contributed by atoms with Gasteiger partial charge in [0, 0.05) is 22.7 Å². The molecule has 0 spiro atoms. The number of ether oxygens (including phenoxy) is 2. The van der Waals surface area contributed by atoms with Crippen LogP contribution in [0.4, 0.5) is 0 Å². The molecule has 7 nitrogen and oxygen atoms in total. The van der Waals surface area contributed by atoms with Crippen LogP contribution in [0.1, 0.15) is 30.1 Å². The maximum atomic E-state index is 13.2. The summed E-state index contributed by atoms with van der Waals surface area (Å²) in [5.74, 6) is 1.02. The Morgan fingerprint density at radius 3 is 2.45 bits per heavy atom. The van der Waals surface area contributed by atoms with Crippen LogP contribution < -0.4 is 14.8 Å². The van der Waals surface area contributed by atoms with Crippen LogP contribution in [0.15, 0.2) is 48.5 Å². The van der Waals surface area contributed by atoms with E-state index in [0.29, 0.717) is 51.1 Å². The Labute approximate surface area is 197 Å². The summed E-state index contributed by atoms with van der Waals surface area (Å²) >= 11 is 6.06. The van der Waals surface area contributed by atoms with Crippen LogP contribution in [0.3, 0.4) is 0 Å². The molecule has 1 amide bonds. The molecule has 0 saturated heterocycles. The van der Waals surface area contributed by atoms with Gasteiger partial charge < -0.3 is 14.8 Å². The van der Waals surface area contributed by atoms with Gasteiger partial charge in [-0.3, -0.25) is 9.89 Å². The first-order chi connectivity index (χ1) is 16.0. The number of methoxy groups -OCH3 is 2. The smallest absolute Gasteiger partial charge is 0.252 e. The van der Waals surface area contributed by atoms with Gasteiger partial charge in [0.1, 0.15) is 0 Å². The minimum Gasteiger partial charge on any atom is -0.493 e. The number of rotatable bonds is 8. The number of aromatic nitrogens is 3. The predicted molar refractivity (Wildman–Crippen MR) is 130 cm³/mol. The van der Waals surface area contributed by atoms with Crippen LogP contribution in [0.25, 0.3) is 33.5 Å². The molecule has 2 heterocycles. The fourth-order valence-corrected chi connectivity index (χ4v) is 3.77. The number of aromatic amines is 1. The fraction of sp³-hybridized carbons (Fsp3) is 0.240. The number of nitrogens with zero attached hydrogens (tertiary/aromatic N) is 2. The van der Waals surface area contributed by atoms with E-state index in [9.17, 15) is 4.79 Å². The second-order valence-electron chi connectivity index (χ2n) is 7.54. The first-order valence-corrected chi connectivity index (χ1v) is 11.1. The number of pyridine rings is 1. The summed E-state index contributed by atoms with van der Waals surface area (Å²) in [5, 5.41) is 11.8. The standard InChI is InChI=1S/C25H25ClN4O3/c1-4-5-12-27-25(31)18-14-19(16-8-11-20(32-2)21(13-16)33-3)28-24-22(18)23(29-30-24)15-6-9-17(26)10-7-15/h6-11,13-14H,4-5,12H2,1-3H3,(H,27,31)(H,28,29,30). The van der Waals surface area contributed by atoms with Gasteiger partial charge >= 0.3 is 0 Å². The number of halogens is 1. The molecule has 2 aromatic carbocycles. The molecule has 0 fully saturated rings. The number of benzene rings is 2. The highest BCUT2D eigenvalue weighted by atomic mass is 35.5. The molecule has 33 heavy (non-hydrogen) atoms. The molecule has 170 valence electrons. The van der Waals surface area contributed by atoms with E-state index in [4.69, 9.17) is 26.1 Å². The molecule has 0 aliphatic carbocycles. The summed E-state index contributed by atoms with van der Waals surface area (Å²) in [7, 11) is 3.17. The molecule has 0 radical (unpaired) electrons. The van der Waals surface area contributed by atoms with Crippen molar-refractivity contribution in [2.24, 2.45) is 0 Å². The number of hydrogen-bond acceptors (Lipinski definition) is 5. The lowest BCUT2D eigenvalue weighted by Gasteiger charge is -2.12. The third kappa shape index (κ3) is 4.64. The molecule has 2 N–H and O–H groups in total. The second kappa shape index (κ2) is 9.92. The summed E-state index contributed by atoms with van der Waals surface area (Å²) in [6.07, 6.45) is 1.89. The quantitative estimate of drug-likeness (QED) is 0.336. The predicted octanol–water partition coefficient (Wildman–Crippen LogP) is 5.49. The molecule has 0 atom stereocenters. The Bertz CT molecular complexity index is 1290. The molecule has 8 heteroatoms. The van der Waals surface area contributed by atoms with Crippen LogP contribution in [-0.2, 0) is 0 Å². The number of unbranched alkanes of at least 4 members (excludes halogenated alkanes) is 1. The minimum atomic E-state index is -0.172. The van der Waals surface area contributed by atoms with E-state index in [-0.39, 0.29) is 5.91 Å². The van der Waals surface area contributed by atoms with Crippen LogP contribution >= 0.6 is 11.6 Å². The molecular weight excluding hydrogens is 440 g/mol. The number of nitrogens with one attached hydrogen (secondary N) is 2. The van der Waals surface area contributed by atoms with Crippen LogP contribution in [-0.4, -0.2) is 41.9 Å². The van der Waals surface area contributed by atoms with Crippen molar-refractivity contribution in [1.82, 2.24) is 20.5 Å². The number of fused-ring (bicyclic) bond motifs is 1. The van der Waals surface area contributed by atoms with E-state index >= 15 is 0 Å². The highest BCUT2D eigenvalue weighted by Gasteiger charge is 2.20. The molecule has 4 aromatic rings. The summed E-state index contributed by atoms with van der Waals surface area (Å²) in [6, 6.07) is 14.7. The first-order valence-electron chi connectivity index (χ1n) is 10.7. The van der Waals surface area contributed by atoms with Crippen molar-refractivity contribution in [1.29, 1.82) is 0 Å². The molecule has 2 aromatic heterocycles. The third-order valence-corrected chi connectivity index (χ3v) is 5.65. The number of amides is 1. The highest BCUT2D eigenvalue weighted by molar-refractivity contribution is 6.30. The van der Waals surface area contributed by atoms with Gasteiger partial charge in [-0.1, -0.05) is 37.1 Å². The van der Waals surface area contributed by atoms with Crippen molar-refractivity contribution in [3.05, 3.63) is 59.1 Å². The van der Waals surface area contributed by atoms with E-state index < -0.39 is 0 Å². The van der Waals surface area contributed by atoms with Gasteiger partial charge in [0.25, 0.3) is 5.91 Å². The highest BCUT2D eigenvalue weighted by Crippen LogP contribution is 2.35. The average molecular weight is 465 g/mol. The minimum absolute atomic E-state index is 0.172. The monoisotopic (exact) mass is 464 g/mol. The number of H-pyrrole nitrogens is 1. The van der Waals surface area contributed by atoms with Gasteiger partial charge in [-0.15, -0.1) is 0 Å². The lowest BCUT2D eigenvalue weighted by atomic mass is 10.0. The van der Waals surface area contributed by atoms with E-state index in [1.165, 1.54) is 0 Å². The van der Waals surface area contributed by atoms with Crippen molar-refractivity contribution >= 4 is 28.5 Å². The van der Waals surface area contributed by atoms with E-state index in [1.807, 2.05) is 30.3 Å². The molecule has 0 aliphatic heterocycles. The summed E-state index contributed by atoms with van der Waals surface area (Å²) in [4.78, 5) is 18.0. The van der Waals surface area contributed by atoms with Gasteiger partial charge in [-0.2, -0.15) is 5.10 Å². The van der Waals surface area contributed by atoms with E-state index in [2.05, 4.69) is 22.4 Å². The van der Waals surface area contributed by atoms with Gasteiger partial charge in [0.2, 0.25) is 0 Å². The van der Waals surface area contributed by atoms with Gasteiger partial charge in [-0.05, 0) is 42.8 Å². The van der Waals surface area contributed by atoms with Gasteiger partial charge in [0.05, 0.1) is 36.6 Å². The van der Waals surface area contributed by atoms with Crippen LogP contribution in [0.2, 0.25) is 5.02 Å². The Kier molecular flexibility index (Phi) is 6.79. The van der Waals surface area contributed by atoms with Crippen molar-refractivity contribution < 1.29 is 14.3 Å². The lowest BCUT2D eigenvalue weighted by molar-refractivity contribution is 0.0955. The molecule has 0 aliphatic rings. The summed E-state index contributed by atoms with van der Waals surface area (Å²) in [5.41, 5.74) is 3.93. The second-order valence-corrected chi connectivity index (χ2v) is 7.97. The molecule has 4 rings (SSSR count). The zero-order chi connectivity index (χ0) is 23.4. The third-order valence-electron chi connectivity index (χ3n) is 5.40. The Morgan fingerprint density at radius 1 is 1.03 bits per heavy atom. The van der Waals surface area contributed by atoms with Gasteiger partial charge in [0.15, 0.2) is 17.1 Å². The number of carbonyl (C=O) groups excluding carboxylic acids is 1.